The van der Waals surface area contributed by atoms with Gasteiger partial charge >= 0.3 is 65.7 Å². The Morgan fingerprint density at radius 2 is 0.516 bits per heavy atom. The summed E-state index contributed by atoms with van der Waals surface area (Å²) >= 11 is 5.21. The minimum atomic E-state index is -1.03. The number of carbonyl (C=O) groups is 15. The molecule has 0 aliphatic rings. The van der Waals surface area contributed by atoms with Gasteiger partial charge < -0.3 is 80.2 Å². The molecule has 0 unspecified atom stereocenters. The number of hydrogen-bond donors (Lipinski definition) is 8. The molecule has 0 heterocycles. The summed E-state index contributed by atoms with van der Waals surface area (Å²) in [4.78, 5) is 171. The third-order valence-electron chi connectivity index (χ3n) is 17.3. The third kappa shape index (κ3) is 32.6. The molecule has 31 nitrogen and oxygen atoms in total. The fourth-order valence-electron chi connectivity index (χ4n) is 10.3. The Labute approximate surface area is 737 Å². The van der Waals surface area contributed by atoms with Gasteiger partial charge in [0.05, 0.1) is 96.7 Å². The molecule has 0 aliphatic carbocycles. The summed E-state index contributed by atoms with van der Waals surface area (Å²) in [6, 6.07) is 80.1. The predicted molar refractivity (Wildman–Crippen MR) is 473 cm³/mol. The Bertz CT molecular complexity index is 5720. The number of benzene rings is 12. The lowest BCUT2D eigenvalue weighted by Crippen LogP contribution is -2.26. The number of anilines is 5. The van der Waals surface area contributed by atoms with E-state index in [0.29, 0.717) is 89.5 Å². The van der Waals surface area contributed by atoms with Crippen molar-refractivity contribution in [3.05, 3.63) is 398 Å². The van der Waals surface area contributed by atoms with Crippen LogP contribution in [-0.4, -0.2) is 159 Å². The molecule has 128 heavy (non-hydrogen) atoms. The SMILES string of the molecule is CNc1ccc(C(=O)O)cc1.COC(=O)c1ccc(C(=O)Cl)cc1.COC(=O)c1ccc(C(=O)N(C)c2ccc(C(=O)O)cc2)cc1.COC(=O)c1ccc(C(=O)Nc2ccc(C(=O)O)cc2)cc1.COC(=O)c1ccc(C(=O)Nc2ccc(C(=O)OCc3ccccc3)cc2)cc1.COC(=O)c1ccc(C(=O)O)cc1.Nc1ccc(C(=O)OCc2ccccc2)cc1. The maximum atomic E-state index is 12.4. The number of nitrogen functional groups attached to an aromatic ring is 1. The van der Waals surface area contributed by atoms with Gasteiger partial charge in [0.2, 0.25) is 0 Å². The van der Waals surface area contributed by atoms with Crippen LogP contribution < -0.4 is 26.6 Å². The van der Waals surface area contributed by atoms with Crippen LogP contribution in [0.15, 0.2) is 303 Å². The maximum Gasteiger partial charge on any atom is 0.338 e. The van der Waals surface area contributed by atoms with Crippen LogP contribution in [0.2, 0.25) is 0 Å². The molecule has 12 rings (SSSR count). The van der Waals surface area contributed by atoms with Crippen LogP contribution >= 0.6 is 11.6 Å². The van der Waals surface area contributed by atoms with E-state index < -0.39 is 64.9 Å². The van der Waals surface area contributed by atoms with Crippen LogP contribution in [0.1, 0.15) is 166 Å². The molecule has 0 spiro atoms. The number of carboxylic acids is 4. The van der Waals surface area contributed by atoms with Crippen molar-refractivity contribution in [2.24, 2.45) is 0 Å². The van der Waals surface area contributed by atoms with Gasteiger partial charge in [-0.25, -0.2) is 52.7 Å². The number of nitrogens with one attached hydrogen (secondary N) is 3. The number of halogens is 1. The normalized spacial score (nSPS) is 9.78. The molecule has 0 fully saturated rings. The molecule has 0 atom stereocenters. The average Bonchev–Trinajstić information content (AvgIpc) is 0.823. The molecular formula is C96H84ClN5O26. The first-order valence-corrected chi connectivity index (χ1v) is 38.0. The zero-order valence-corrected chi connectivity index (χ0v) is 70.2. The van der Waals surface area contributed by atoms with Gasteiger partial charge in [-0.1, -0.05) is 60.7 Å². The van der Waals surface area contributed by atoms with E-state index in [9.17, 15) is 71.9 Å². The lowest BCUT2D eigenvalue weighted by atomic mass is 10.1. The van der Waals surface area contributed by atoms with Crippen molar-refractivity contribution in [1.29, 1.82) is 0 Å². The molecule has 3 amide bonds. The van der Waals surface area contributed by atoms with Gasteiger partial charge in [0.25, 0.3) is 23.0 Å². The first kappa shape index (κ1) is 99.6. The highest BCUT2D eigenvalue weighted by Crippen LogP contribution is 2.21. The van der Waals surface area contributed by atoms with Crippen molar-refractivity contribution in [3.8, 4) is 0 Å². The first-order chi connectivity index (χ1) is 61.3. The van der Waals surface area contributed by atoms with Crippen molar-refractivity contribution in [2.45, 2.75) is 13.2 Å². The molecule has 0 bridgehead atoms. The van der Waals surface area contributed by atoms with Gasteiger partial charge in [-0.3, -0.25) is 19.2 Å². The molecule has 0 aromatic heterocycles. The quantitative estimate of drug-likeness (QED) is 0.0128. The van der Waals surface area contributed by atoms with Gasteiger partial charge in [0.1, 0.15) is 13.2 Å². The van der Waals surface area contributed by atoms with E-state index in [1.807, 2.05) is 60.7 Å². The van der Waals surface area contributed by atoms with E-state index in [1.54, 1.807) is 99.0 Å². The fraction of sp³-hybridized carbons (Fsp3) is 0.0938. The van der Waals surface area contributed by atoms with E-state index in [2.05, 4.69) is 39.6 Å². The number of aromatic carboxylic acids is 4. The van der Waals surface area contributed by atoms with Gasteiger partial charge in [-0.05, 0) is 265 Å². The van der Waals surface area contributed by atoms with E-state index in [0.717, 1.165) is 16.8 Å². The van der Waals surface area contributed by atoms with Gasteiger partial charge in [-0.2, -0.15) is 0 Å². The number of nitrogens with zero attached hydrogens (tertiary/aromatic N) is 1. The number of hydrogen-bond acceptors (Lipinski definition) is 24. The number of rotatable bonds is 23. The van der Waals surface area contributed by atoms with E-state index in [-0.39, 0.29) is 53.6 Å². The Morgan fingerprint density at radius 1 is 0.289 bits per heavy atom. The second-order valence-corrected chi connectivity index (χ2v) is 26.2. The van der Waals surface area contributed by atoms with Crippen LogP contribution in [-0.2, 0) is 46.4 Å². The van der Waals surface area contributed by atoms with Crippen molar-refractivity contribution >= 4 is 129 Å². The van der Waals surface area contributed by atoms with Gasteiger partial charge in [0.15, 0.2) is 0 Å². The molecule has 0 radical (unpaired) electrons. The topological polar surface area (TPSA) is 467 Å². The Kier molecular flexibility index (Phi) is 40.1. The van der Waals surface area contributed by atoms with Crippen LogP contribution in [0.4, 0.5) is 28.4 Å². The summed E-state index contributed by atoms with van der Waals surface area (Å²) in [6.07, 6.45) is 0. The molecule has 0 aliphatic heterocycles. The number of esters is 7. The summed E-state index contributed by atoms with van der Waals surface area (Å²) in [5.41, 5.74) is 15.5. The lowest BCUT2D eigenvalue weighted by Gasteiger charge is -2.17. The van der Waals surface area contributed by atoms with E-state index in [1.165, 1.54) is 198 Å². The summed E-state index contributed by atoms with van der Waals surface area (Å²) in [6.45, 7) is 0.476. The molecule has 12 aromatic rings. The zero-order chi connectivity index (χ0) is 93.8. The van der Waals surface area contributed by atoms with Crippen LogP contribution in [0.25, 0.3) is 0 Å². The van der Waals surface area contributed by atoms with E-state index >= 15 is 0 Å². The number of nitrogens with two attached hydrogens (primary N) is 1. The Hall–Kier alpha value is -17.2. The number of carboxylic acid groups (broad SMARTS) is 4. The van der Waals surface area contributed by atoms with E-state index in [4.69, 9.17) is 47.2 Å². The van der Waals surface area contributed by atoms with Crippen LogP contribution in [0.5, 0.6) is 0 Å². The van der Waals surface area contributed by atoms with Crippen LogP contribution in [0, 0.1) is 0 Å². The zero-order valence-electron chi connectivity index (χ0n) is 69.5. The second kappa shape index (κ2) is 51.5. The number of ether oxygens (including phenoxy) is 7. The van der Waals surface area contributed by atoms with Crippen molar-refractivity contribution in [2.75, 3.05) is 76.2 Å². The first-order valence-electron chi connectivity index (χ1n) is 37.6. The lowest BCUT2D eigenvalue weighted by molar-refractivity contribution is 0.0464. The standard InChI is InChI=1S/C23H19NO5.C17H15NO5.C16H13NO5.C14H13NO2.C9H7ClO3.C9H8O4.C8H9NO2/c1-28-22(26)18-9-7-17(8-10-18)21(25)24-20-13-11-19(12-14-20)23(27)29-15-16-5-3-2-4-6-16;1-18(14-9-7-12(8-10-14)16(20)21)15(19)11-3-5-13(6-4-11)17(22)23-2;1-22-16(21)12-4-2-10(3-5-12)14(18)17-13-8-6-11(7-9-13)15(19)20;15-13-8-6-12(7-9-13)14(16)17-10-11-4-2-1-3-5-11;2*1-13-9(12)7-4-2-6(3-5-7)8(10)11;1-9-7-4-2-6(3-5-7)8(10)11/h2-14H,15H2,1H3,(H,24,25);3-10H,1-2H3,(H,20,21);2-9H,1H3,(H,17,18)(H,19,20);1-9H,10,15H2;2-5H,1H3;2-5H,1H3,(H,10,11);2-5,9H,1H3,(H,10,11). The molecule has 32 heteroatoms. The highest BCUT2D eigenvalue weighted by atomic mass is 35.5. The highest BCUT2D eigenvalue weighted by Gasteiger charge is 2.19. The Balaban J connectivity index is 0.000000236. The molecule has 0 saturated carbocycles. The maximum absolute atomic E-state index is 12.4. The smallest absolute Gasteiger partial charge is 0.338 e. The summed E-state index contributed by atoms with van der Waals surface area (Å²) in [5, 5.41) is 42.5. The average molecular weight is 1760 g/mol. The number of amides is 3. The molecule has 12 aromatic carbocycles. The third-order valence-corrected chi connectivity index (χ3v) is 17.6. The monoisotopic (exact) mass is 1760 g/mol. The summed E-state index contributed by atoms with van der Waals surface area (Å²) in [5.74, 6) is -8.04. The summed E-state index contributed by atoms with van der Waals surface area (Å²) < 4.78 is 33.2. The molecule has 9 N–H and O–H groups in total. The number of methoxy groups -OCH3 is 5. The minimum Gasteiger partial charge on any atom is -0.478 e. The summed E-state index contributed by atoms with van der Waals surface area (Å²) in [7, 11) is 9.81. The van der Waals surface area contributed by atoms with Crippen LogP contribution in [0.3, 0.4) is 0 Å². The molecule has 656 valence electrons. The van der Waals surface area contributed by atoms with Gasteiger partial charge in [0, 0.05) is 64.8 Å². The van der Waals surface area contributed by atoms with Crippen molar-refractivity contribution in [3.63, 3.8) is 0 Å². The predicted octanol–water partition coefficient (Wildman–Crippen LogP) is 16.0. The minimum absolute atomic E-state index is 0.139. The van der Waals surface area contributed by atoms with Gasteiger partial charge in [-0.15, -0.1) is 0 Å². The number of carbonyl (C=O) groups excluding carboxylic acids is 11. The Morgan fingerprint density at radius 3 is 0.789 bits per heavy atom. The molecular weight excluding hydrogens is 1670 g/mol. The molecule has 0 saturated heterocycles. The second-order valence-electron chi connectivity index (χ2n) is 25.9. The van der Waals surface area contributed by atoms with Crippen molar-refractivity contribution < 1.29 is 126 Å². The fourth-order valence-corrected chi connectivity index (χ4v) is 10.4. The largest absolute Gasteiger partial charge is 0.478 e. The van der Waals surface area contributed by atoms with Crippen molar-refractivity contribution in [1.82, 2.24) is 0 Å². The highest BCUT2D eigenvalue weighted by molar-refractivity contribution is 6.67.